The first-order valence-electron chi connectivity index (χ1n) is 6.68. The first kappa shape index (κ1) is 28.9. The summed E-state index contributed by atoms with van der Waals surface area (Å²) in [6.07, 6.45) is 3.60. The number of hydrogen-bond donors (Lipinski definition) is 0. The number of benzene rings is 1. The van der Waals surface area contributed by atoms with Gasteiger partial charge < -0.3 is 12.4 Å². The Hall–Kier alpha value is -0.924. The van der Waals surface area contributed by atoms with Crippen molar-refractivity contribution in [3.63, 3.8) is 0 Å². The minimum atomic E-state index is -0.199. The summed E-state index contributed by atoms with van der Waals surface area (Å²) in [7, 11) is 3.00. The zero-order valence-electron chi connectivity index (χ0n) is 14.5. The van der Waals surface area contributed by atoms with Gasteiger partial charge in [0, 0.05) is 18.9 Å². The van der Waals surface area contributed by atoms with Gasteiger partial charge in [0.25, 0.3) is 5.91 Å². The molecule has 0 aliphatic heterocycles. The molecule has 2 rings (SSSR count). The summed E-state index contributed by atoms with van der Waals surface area (Å²) in [6, 6.07) is 11.7. The fourth-order valence-electron chi connectivity index (χ4n) is 1.48. The molecule has 7 heteroatoms. The Morgan fingerprint density at radius 3 is 2.16 bits per heavy atom. The van der Waals surface area contributed by atoms with Gasteiger partial charge in [0.1, 0.15) is 0 Å². The van der Waals surface area contributed by atoms with E-state index in [4.69, 9.17) is 4.84 Å². The van der Waals surface area contributed by atoms with Gasteiger partial charge in [0.15, 0.2) is 0 Å². The normalized spacial score (nSPS) is 8.48. The number of aromatic nitrogens is 1. The van der Waals surface area contributed by atoms with Crippen LogP contribution in [0.15, 0.2) is 47.5 Å². The van der Waals surface area contributed by atoms with Crippen LogP contribution in [-0.2, 0) is 4.84 Å². The molecule has 0 aliphatic carbocycles. The molecule has 0 atom stereocenters. The van der Waals surface area contributed by atoms with E-state index in [9.17, 15) is 4.79 Å². The Labute approximate surface area is 178 Å². The number of nitrogens with zero attached hydrogens (tertiary/aromatic N) is 2. The van der Waals surface area contributed by atoms with Crippen molar-refractivity contribution in [2.24, 2.45) is 0 Å². The van der Waals surface area contributed by atoms with Crippen molar-refractivity contribution < 1.29 is 22.0 Å². The first-order chi connectivity index (χ1) is 10.5. The van der Waals surface area contributed by atoms with Crippen LogP contribution in [0.4, 0.5) is 0 Å². The van der Waals surface area contributed by atoms with E-state index >= 15 is 0 Å². The Morgan fingerprint density at radius 2 is 1.76 bits per heavy atom. The molecular weight excluding hydrogens is 368 g/mol. The Bertz CT molecular complexity index is 595. The molecule has 0 saturated carbocycles. The number of aryl methyl sites for hydroxylation is 1. The van der Waals surface area contributed by atoms with Crippen molar-refractivity contribution in [3.8, 4) is 0 Å². The van der Waals surface area contributed by atoms with Crippen LogP contribution >= 0.6 is 11.8 Å². The summed E-state index contributed by atoms with van der Waals surface area (Å²) < 4.78 is 0. The van der Waals surface area contributed by atoms with Crippen molar-refractivity contribution in [2.45, 2.75) is 19.2 Å². The largest absolute Gasteiger partial charge is 2.00 e. The Morgan fingerprint density at radius 1 is 1.20 bits per heavy atom. The molecule has 4 nitrogen and oxygen atoms in total. The van der Waals surface area contributed by atoms with E-state index in [0.29, 0.717) is 5.56 Å². The van der Waals surface area contributed by atoms with Crippen molar-refractivity contribution in [2.75, 3.05) is 20.4 Å². The summed E-state index contributed by atoms with van der Waals surface area (Å²) in [5, 5.41) is 1.16. The van der Waals surface area contributed by atoms with Gasteiger partial charge in [-0.3, -0.25) is 14.6 Å². The van der Waals surface area contributed by atoms with E-state index in [0.717, 1.165) is 16.3 Å². The third kappa shape index (κ3) is 10.6. The number of amides is 1. The third-order valence-electron chi connectivity index (χ3n) is 2.88. The molecule has 25 heavy (non-hydrogen) atoms. The second kappa shape index (κ2) is 15.3. The minimum absolute atomic E-state index is 0. The molecule has 1 amide bonds. The van der Waals surface area contributed by atoms with Crippen LogP contribution in [0.2, 0.25) is 0 Å². The maximum atomic E-state index is 11.4. The SMILES string of the molecule is C.CON(C)C(=O)c1ccc(C)nc1.[CH2-]c1ccc(SC)cc1.[Cl-].[Mg+2]. The van der Waals surface area contributed by atoms with E-state index in [1.165, 1.54) is 18.2 Å². The van der Waals surface area contributed by atoms with E-state index in [1.54, 1.807) is 30.9 Å². The van der Waals surface area contributed by atoms with E-state index < -0.39 is 0 Å². The standard InChI is InChI=1S/C9H12N2O2.C8H9S.CH4.ClH.Mg/c1-7-4-5-8(6-10-7)9(12)11(2)13-3;1-7-3-5-8(9-2)6-4-7;;;/h4-6H,1-3H3;3-6H,1H2,2H3;1H4;1H;/q;-1;;;+2/p-1. The zero-order chi connectivity index (χ0) is 16.5. The van der Waals surface area contributed by atoms with Gasteiger partial charge in [0.05, 0.1) is 12.7 Å². The molecule has 1 aromatic carbocycles. The smallest absolute Gasteiger partial charge is 1.00 e. The molecule has 0 fully saturated rings. The first-order valence-corrected chi connectivity index (χ1v) is 7.91. The predicted molar refractivity (Wildman–Crippen MR) is 103 cm³/mol. The van der Waals surface area contributed by atoms with Gasteiger partial charge in [-0.2, -0.15) is 24.6 Å². The Balaban J connectivity index is -0.000000362. The molecule has 134 valence electrons. The van der Waals surface area contributed by atoms with Gasteiger partial charge in [-0.05, 0) is 30.2 Å². The van der Waals surface area contributed by atoms with Crippen LogP contribution < -0.4 is 12.4 Å². The van der Waals surface area contributed by atoms with Gasteiger partial charge in [-0.1, -0.05) is 7.43 Å². The molecule has 0 bridgehead atoms. The number of pyridine rings is 1. The van der Waals surface area contributed by atoms with Gasteiger partial charge >= 0.3 is 23.1 Å². The molecule has 1 aromatic heterocycles. The molecule has 0 radical (unpaired) electrons. The van der Waals surface area contributed by atoms with E-state index in [-0.39, 0.29) is 48.8 Å². The average molecular weight is 393 g/mol. The summed E-state index contributed by atoms with van der Waals surface area (Å²) in [6.45, 7) is 5.66. The number of carbonyl (C=O) groups excluding carboxylic acids is 1. The monoisotopic (exact) mass is 392 g/mol. The van der Waals surface area contributed by atoms with Crippen LogP contribution in [0.1, 0.15) is 29.0 Å². The number of hydroxylamine groups is 2. The maximum Gasteiger partial charge on any atom is 2.00 e. The van der Waals surface area contributed by atoms with Crippen molar-refractivity contribution in [1.82, 2.24) is 10.0 Å². The fourth-order valence-corrected chi connectivity index (χ4v) is 1.89. The molecule has 1 heterocycles. The van der Waals surface area contributed by atoms with Crippen LogP contribution in [0.3, 0.4) is 0 Å². The predicted octanol–water partition coefficient (Wildman–Crippen LogP) is 0.873. The molecule has 2 aromatic rings. The van der Waals surface area contributed by atoms with Gasteiger partial charge in [-0.15, -0.1) is 23.9 Å². The molecular formula is C18H25ClMgN2O2S. The van der Waals surface area contributed by atoms with Crippen LogP contribution in [0, 0.1) is 13.8 Å². The minimum Gasteiger partial charge on any atom is -1.00 e. The quantitative estimate of drug-likeness (QED) is 0.336. The van der Waals surface area contributed by atoms with E-state index in [1.807, 2.05) is 19.1 Å². The molecule has 0 unspecified atom stereocenters. The summed E-state index contributed by atoms with van der Waals surface area (Å²) in [5.74, 6) is -0.199. The summed E-state index contributed by atoms with van der Waals surface area (Å²) in [5.41, 5.74) is 2.49. The number of carbonyl (C=O) groups is 1. The fraction of sp³-hybridized carbons (Fsp3) is 0.278. The van der Waals surface area contributed by atoms with Gasteiger partial charge in [0.2, 0.25) is 0 Å². The van der Waals surface area contributed by atoms with Crippen LogP contribution in [0.25, 0.3) is 0 Å². The molecule has 0 N–H and O–H groups in total. The average Bonchev–Trinajstić information content (AvgIpc) is 2.55. The Kier molecular flexibility index (Phi) is 17.7. The number of thioether (sulfide) groups is 1. The summed E-state index contributed by atoms with van der Waals surface area (Å²) in [4.78, 5) is 21.5. The maximum absolute atomic E-state index is 11.4. The summed E-state index contributed by atoms with van der Waals surface area (Å²) >= 11 is 1.75. The van der Waals surface area contributed by atoms with Crippen molar-refractivity contribution in [3.05, 3.63) is 66.3 Å². The molecule has 0 spiro atoms. The van der Waals surface area contributed by atoms with Crippen LogP contribution in [-0.4, -0.2) is 59.4 Å². The number of rotatable bonds is 3. The number of hydrogen-bond acceptors (Lipinski definition) is 4. The molecule has 0 saturated heterocycles. The van der Waals surface area contributed by atoms with Gasteiger partial charge in [-0.25, -0.2) is 5.06 Å². The zero-order valence-corrected chi connectivity index (χ0v) is 17.4. The van der Waals surface area contributed by atoms with E-state index in [2.05, 4.69) is 30.3 Å². The third-order valence-corrected chi connectivity index (χ3v) is 3.62. The second-order valence-electron chi connectivity index (χ2n) is 4.52. The van der Waals surface area contributed by atoms with Crippen molar-refractivity contribution in [1.29, 1.82) is 0 Å². The topological polar surface area (TPSA) is 42.4 Å². The van der Waals surface area contributed by atoms with Crippen molar-refractivity contribution >= 4 is 40.7 Å². The second-order valence-corrected chi connectivity index (χ2v) is 5.40. The molecule has 0 aliphatic rings. The number of halogens is 1. The van der Waals surface area contributed by atoms with Crippen LogP contribution in [0.5, 0.6) is 0 Å².